The van der Waals surface area contributed by atoms with Crippen LogP contribution in [0.25, 0.3) is 16.7 Å². The first-order valence-corrected chi connectivity index (χ1v) is 8.21. The minimum Gasteiger partial charge on any atom is -0.465 e. The van der Waals surface area contributed by atoms with Crippen molar-refractivity contribution in [2.45, 2.75) is 12.1 Å². The summed E-state index contributed by atoms with van der Waals surface area (Å²) in [6.07, 6.45) is 1.60. The van der Waals surface area contributed by atoms with E-state index >= 15 is 0 Å². The highest BCUT2D eigenvalue weighted by molar-refractivity contribution is 7.99. The van der Waals surface area contributed by atoms with Gasteiger partial charge in [0.1, 0.15) is 6.07 Å². The van der Waals surface area contributed by atoms with E-state index in [9.17, 15) is 10.1 Å². The predicted octanol–water partition coefficient (Wildman–Crippen LogP) is 2.34. The second-order valence-corrected chi connectivity index (χ2v) is 5.62. The maximum atomic E-state index is 11.4. The van der Waals surface area contributed by atoms with Gasteiger partial charge in [0.15, 0.2) is 16.7 Å². The molecule has 0 fully saturated rings. The van der Waals surface area contributed by atoms with Gasteiger partial charge in [-0.1, -0.05) is 23.9 Å². The maximum absolute atomic E-state index is 11.4. The third-order valence-corrected chi connectivity index (χ3v) is 3.99. The number of carbonyl (C=O) groups is 1. The lowest BCUT2D eigenvalue weighted by Crippen LogP contribution is -2.07. The van der Waals surface area contributed by atoms with Gasteiger partial charge in [-0.15, -0.1) is 0 Å². The highest BCUT2D eigenvalue weighted by atomic mass is 32.2. The number of hydrogen-bond acceptors (Lipinski definition) is 7. The molecule has 1 aromatic carbocycles. The first kappa shape index (κ1) is 16.0. The van der Waals surface area contributed by atoms with Crippen molar-refractivity contribution >= 4 is 28.6 Å². The maximum Gasteiger partial charge on any atom is 0.316 e. The van der Waals surface area contributed by atoms with E-state index in [1.54, 1.807) is 23.9 Å². The number of benzene rings is 1. The summed E-state index contributed by atoms with van der Waals surface area (Å²) in [4.78, 5) is 20.0. The van der Waals surface area contributed by atoms with Crippen molar-refractivity contribution < 1.29 is 9.53 Å². The fraction of sp³-hybridized carbons (Fsp3) is 0.188. The van der Waals surface area contributed by atoms with Crippen LogP contribution in [-0.4, -0.2) is 38.1 Å². The molecule has 8 heteroatoms. The summed E-state index contributed by atoms with van der Waals surface area (Å²) >= 11 is 1.19. The molecule has 0 N–H and O–H groups in total. The van der Waals surface area contributed by atoms with E-state index in [1.807, 2.05) is 24.3 Å². The molecule has 0 aliphatic heterocycles. The molecule has 0 bridgehead atoms. The van der Waals surface area contributed by atoms with Crippen LogP contribution < -0.4 is 0 Å². The molecular formula is C16H13N5O2S. The minimum absolute atomic E-state index is 0.139. The molecule has 0 unspecified atom stereocenters. The molecule has 7 nitrogen and oxygen atoms in total. The van der Waals surface area contributed by atoms with Crippen molar-refractivity contribution in [1.29, 1.82) is 5.26 Å². The van der Waals surface area contributed by atoms with Crippen molar-refractivity contribution in [2.24, 2.45) is 0 Å². The van der Waals surface area contributed by atoms with Crippen LogP contribution in [0.15, 0.2) is 41.7 Å². The fourth-order valence-corrected chi connectivity index (χ4v) is 2.79. The molecule has 0 radical (unpaired) electrons. The minimum atomic E-state index is -0.312. The van der Waals surface area contributed by atoms with E-state index < -0.39 is 0 Å². The summed E-state index contributed by atoms with van der Waals surface area (Å²) in [5.41, 5.74) is 1.12. The molecule has 24 heavy (non-hydrogen) atoms. The van der Waals surface area contributed by atoms with E-state index in [1.165, 1.54) is 11.8 Å². The molecule has 3 aromatic rings. The third-order valence-electron chi connectivity index (χ3n) is 3.15. The Morgan fingerprint density at radius 1 is 1.38 bits per heavy atom. The van der Waals surface area contributed by atoms with Crippen LogP contribution >= 0.6 is 11.8 Å². The van der Waals surface area contributed by atoms with Gasteiger partial charge in [-0.3, -0.25) is 4.79 Å². The van der Waals surface area contributed by atoms with Gasteiger partial charge < -0.3 is 4.74 Å². The highest BCUT2D eigenvalue weighted by Crippen LogP contribution is 2.21. The number of carbonyl (C=O) groups excluding carboxylic acids is 1. The summed E-state index contributed by atoms with van der Waals surface area (Å²) in [7, 11) is 0. The Morgan fingerprint density at radius 3 is 3.00 bits per heavy atom. The van der Waals surface area contributed by atoms with Crippen molar-refractivity contribution in [3.8, 4) is 11.9 Å². The van der Waals surface area contributed by atoms with Crippen LogP contribution in [0.1, 0.15) is 12.6 Å². The fourth-order valence-electron chi connectivity index (χ4n) is 2.17. The molecular weight excluding hydrogens is 326 g/mol. The Labute approximate surface area is 142 Å². The molecule has 0 aliphatic carbocycles. The van der Waals surface area contributed by atoms with E-state index in [0.29, 0.717) is 23.3 Å². The van der Waals surface area contributed by atoms with Gasteiger partial charge >= 0.3 is 5.97 Å². The molecule has 0 spiro atoms. The topological polar surface area (TPSA) is 93.7 Å². The monoisotopic (exact) mass is 339 g/mol. The molecule has 0 amide bonds. The largest absolute Gasteiger partial charge is 0.465 e. The molecule has 2 heterocycles. The SMILES string of the molecule is CCOC(=O)CSc1nccc(-n2nc(C#N)c3ccccc32)n1. The van der Waals surface area contributed by atoms with E-state index in [0.717, 1.165) is 10.9 Å². The van der Waals surface area contributed by atoms with E-state index in [2.05, 4.69) is 21.1 Å². The van der Waals surface area contributed by atoms with E-state index in [-0.39, 0.29) is 11.7 Å². The normalized spacial score (nSPS) is 10.5. The number of para-hydroxylation sites is 1. The zero-order valence-electron chi connectivity index (χ0n) is 12.8. The van der Waals surface area contributed by atoms with Gasteiger partial charge in [-0.05, 0) is 19.1 Å². The van der Waals surface area contributed by atoms with Crippen LogP contribution in [0.4, 0.5) is 0 Å². The van der Waals surface area contributed by atoms with Crippen LogP contribution in [0.5, 0.6) is 0 Å². The lowest BCUT2D eigenvalue weighted by molar-refractivity contribution is -0.139. The number of thioether (sulfide) groups is 1. The lowest BCUT2D eigenvalue weighted by atomic mass is 10.2. The predicted molar refractivity (Wildman–Crippen MR) is 88.7 cm³/mol. The summed E-state index contributed by atoms with van der Waals surface area (Å²) < 4.78 is 6.49. The average molecular weight is 339 g/mol. The number of aromatic nitrogens is 4. The van der Waals surface area contributed by atoms with E-state index in [4.69, 9.17) is 4.74 Å². The van der Waals surface area contributed by atoms with Crippen LogP contribution in [0.3, 0.4) is 0 Å². The molecule has 0 saturated carbocycles. The van der Waals surface area contributed by atoms with Crippen LogP contribution in [-0.2, 0) is 9.53 Å². The number of nitriles is 1. The second-order valence-electron chi connectivity index (χ2n) is 4.68. The summed E-state index contributed by atoms with van der Waals surface area (Å²) in [6, 6.07) is 11.2. The number of fused-ring (bicyclic) bond motifs is 1. The zero-order valence-corrected chi connectivity index (χ0v) is 13.7. The molecule has 0 saturated heterocycles. The smallest absolute Gasteiger partial charge is 0.316 e. The van der Waals surface area contributed by atoms with Gasteiger partial charge in [-0.25, -0.2) is 14.6 Å². The molecule has 120 valence electrons. The van der Waals surface area contributed by atoms with Crippen molar-refractivity contribution in [3.05, 3.63) is 42.2 Å². The molecule has 0 aliphatic rings. The number of rotatable bonds is 5. The number of esters is 1. The van der Waals surface area contributed by atoms with Crippen molar-refractivity contribution in [1.82, 2.24) is 19.7 Å². The lowest BCUT2D eigenvalue weighted by Gasteiger charge is -2.04. The Kier molecular flexibility index (Phi) is 4.72. The molecule has 3 rings (SSSR count). The van der Waals surface area contributed by atoms with Gasteiger partial charge in [-0.2, -0.15) is 10.4 Å². The Morgan fingerprint density at radius 2 is 2.21 bits per heavy atom. The second kappa shape index (κ2) is 7.10. The van der Waals surface area contributed by atoms with Crippen molar-refractivity contribution in [2.75, 3.05) is 12.4 Å². The summed E-state index contributed by atoms with van der Waals surface area (Å²) in [6.45, 7) is 2.10. The third kappa shape index (κ3) is 3.21. The Bertz CT molecular complexity index is 932. The van der Waals surface area contributed by atoms with Gasteiger partial charge in [0, 0.05) is 17.6 Å². The van der Waals surface area contributed by atoms with Crippen molar-refractivity contribution in [3.63, 3.8) is 0 Å². The first-order chi connectivity index (χ1) is 11.7. The Balaban J connectivity index is 1.92. The number of nitrogens with zero attached hydrogens (tertiary/aromatic N) is 5. The Hall–Kier alpha value is -2.92. The van der Waals surface area contributed by atoms with Crippen LogP contribution in [0, 0.1) is 11.3 Å². The summed E-state index contributed by atoms with van der Waals surface area (Å²) in [5.74, 6) is 0.363. The number of ether oxygens (including phenoxy) is 1. The quantitative estimate of drug-likeness (QED) is 0.400. The average Bonchev–Trinajstić information content (AvgIpc) is 2.99. The zero-order chi connectivity index (χ0) is 16.9. The first-order valence-electron chi connectivity index (χ1n) is 7.22. The highest BCUT2D eigenvalue weighted by Gasteiger charge is 2.13. The molecule has 2 aromatic heterocycles. The number of hydrogen-bond donors (Lipinski definition) is 0. The standard InChI is InChI=1S/C16H13N5O2S/c1-2-23-15(22)10-24-16-18-8-7-14(19-16)21-13-6-4-3-5-11(13)12(9-17)20-21/h3-8H,2,10H2,1H3. The van der Waals surface area contributed by atoms with Gasteiger partial charge in [0.2, 0.25) is 0 Å². The molecule has 0 atom stereocenters. The van der Waals surface area contributed by atoms with Gasteiger partial charge in [0.25, 0.3) is 0 Å². The van der Waals surface area contributed by atoms with Crippen LogP contribution in [0.2, 0.25) is 0 Å². The summed E-state index contributed by atoms with van der Waals surface area (Å²) in [5, 5.41) is 14.7. The van der Waals surface area contributed by atoms with Gasteiger partial charge in [0.05, 0.1) is 17.9 Å².